The number of ether oxygens (including phenoxy) is 1. The van der Waals surface area contributed by atoms with Gasteiger partial charge >= 0.3 is 5.97 Å². The highest BCUT2D eigenvalue weighted by Crippen LogP contribution is 2.23. The maximum Gasteiger partial charge on any atom is 0.310 e. The summed E-state index contributed by atoms with van der Waals surface area (Å²) in [4.78, 5) is 23.4. The van der Waals surface area contributed by atoms with Crippen LogP contribution in [-0.2, 0) is 24.3 Å². The molecule has 1 aromatic carbocycles. The number of carbonyl (C=O) groups is 2. The molecule has 1 aliphatic heterocycles. The lowest BCUT2D eigenvalue weighted by Gasteiger charge is -2.31. The van der Waals surface area contributed by atoms with Crippen molar-refractivity contribution >= 4 is 21.9 Å². The fourth-order valence-corrected chi connectivity index (χ4v) is 3.95. The molecule has 1 amide bonds. The highest BCUT2D eigenvalue weighted by molar-refractivity contribution is 7.89. The Kier molecular flexibility index (Phi) is 4.52. The van der Waals surface area contributed by atoms with Gasteiger partial charge in [0.2, 0.25) is 5.91 Å². The number of carbonyl (C=O) groups excluding carboxylic acids is 2. The summed E-state index contributed by atoms with van der Waals surface area (Å²) in [5.74, 6) is -1.94. The second-order valence-electron chi connectivity index (χ2n) is 5.26. The number of hydrogen-bond donors (Lipinski definition) is 1. The number of methoxy groups -OCH3 is 1. The molecule has 1 fully saturated rings. The zero-order valence-corrected chi connectivity index (χ0v) is 13.4. The summed E-state index contributed by atoms with van der Waals surface area (Å²) in [7, 11) is -2.72. The predicted octanol–water partition coefficient (Wildman–Crippen LogP) is 0.518. The summed E-state index contributed by atoms with van der Waals surface area (Å²) in [6.07, 6.45) is -0.0918. The first kappa shape index (κ1) is 16.4. The average Bonchev–Trinajstić information content (AvgIpc) is 2.48. The number of esters is 1. The molecule has 1 saturated heterocycles. The molecule has 120 valence electrons. The van der Waals surface area contributed by atoms with Crippen LogP contribution in [0.25, 0.3) is 0 Å². The van der Waals surface area contributed by atoms with E-state index >= 15 is 0 Å². The Morgan fingerprint density at radius 1 is 1.36 bits per heavy atom. The van der Waals surface area contributed by atoms with Crippen molar-refractivity contribution in [2.45, 2.75) is 25.2 Å². The van der Waals surface area contributed by atoms with Crippen LogP contribution in [0.1, 0.15) is 17.5 Å². The molecule has 1 unspecified atom stereocenters. The fraction of sp³-hybridized carbons (Fsp3) is 0.429. The molecule has 0 bridgehead atoms. The smallest absolute Gasteiger partial charge is 0.310 e. The Morgan fingerprint density at radius 3 is 2.68 bits per heavy atom. The van der Waals surface area contributed by atoms with Gasteiger partial charge < -0.3 is 4.74 Å². The Balaban J connectivity index is 2.38. The second-order valence-corrected chi connectivity index (χ2v) is 7.10. The molecule has 0 aliphatic carbocycles. The highest BCUT2D eigenvalue weighted by Gasteiger charge is 2.37. The Morgan fingerprint density at radius 2 is 2.05 bits per heavy atom. The van der Waals surface area contributed by atoms with Crippen LogP contribution in [0.15, 0.2) is 23.1 Å². The standard InChI is InChI=1S/C14H18N2O5S/c1-9-4-5-10(2)12(6-9)22(19,20)16-8-11(14(18)21-3)7-13(17)15-16/h4-6,11H,7-8H2,1-3H3,(H,15,17). The van der Waals surface area contributed by atoms with Crippen molar-refractivity contribution in [2.24, 2.45) is 5.92 Å². The molecule has 1 atom stereocenters. The number of nitrogens with zero attached hydrogens (tertiary/aromatic N) is 1. The maximum atomic E-state index is 12.7. The van der Waals surface area contributed by atoms with E-state index in [4.69, 9.17) is 0 Å². The summed E-state index contributed by atoms with van der Waals surface area (Å²) < 4.78 is 30.9. The van der Waals surface area contributed by atoms with Gasteiger partial charge in [0.05, 0.1) is 17.9 Å². The van der Waals surface area contributed by atoms with Crippen LogP contribution < -0.4 is 5.43 Å². The van der Waals surface area contributed by atoms with Gasteiger partial charge in [0.15, 0.2) is 0 Å². The largest absolute Gasteiger partial charge is 0.469 e. The van der Waals surface area contributed by atoms with E-state index in [1.165, 1.54) is 7.11 Å². The zero-order valence-electron chi connectivity index (χ0n) is 12.6. The monoisotopic (exact) mass is 326 g/mol. The molecule has 22 heavy (non-hydrogen) atoms. The van der Waals surface area contributed by atoms with Crippen LogP contribution in [0.2, 0.25) is 0 Å². The molecule has 7 nitrogen and oxygen atoms in total. The van der Waals surface area contributed by atoms with Gasteiger partial charge in [-0.2, -0.15) is 0 Å². The van der Waals surface area contributed by atoms with Gasteiger partial charge in [0.25, 0.3) is 10.0 Å². The predicted molar refractivity (Wildman–Crippen MR) is 78.1 cm³/mol. The van der Waals surface area contributed by atoms with Crippen LogP contribution >= 0.6 is 0 Å². The van der Waals surface area contributed by atoms with Gasteiger partial charge in [-0.1, -0.05) is 12.1 Å². The number of nitrogens with one attached hydrogen (secondary N) is 1. The van der Waals surface area contributed by atoms with E-state index in [0.29, 0.717) is 5.56 Å². The third-order valence-corrected chi connectivity index (χ3v) is 5.33. The van der Waals surface area contributed by atoms with E-state index in [0.717, 1.165) is 9.98 Å². The Bertz CT molecular complexity index is 714. The van der Waals surface area contributed by atoms with Crippen molar-refractivity contribution < 1.29 is 22.7 Å². The number of sulfonamides is 1. The first-order chi connectivity index (χ1) is 10.3. The number of rotatable bonds is 3. The molecular formula is C14H18N2O5S. The fourth-order valence-electron chi connectivity index (χ4n) is 2.31. The Hall–Kier alpha value is -1.93. The number of hydrogen-bond acceptors (Lipinski definition) is 5. The number of hydrazine groups is 1. The van der Waals surface area contributed by atoms with Crippen LogP contribution in [0.3, 0.4) is 0 Å². The lowest BCUT2D eigenvalue weighted by molar-refractivity contribution is -0.150. The summed E-state index contributed by atoms with van der Waals surface area (Å²) in [5, 5.41) is 0. The van der Waals surface area contributed by atoms with E-state index in [1.807, 2.05) is 0 Å². The number of amides is 1. The summed E-state index contributed by atoms with van der Waals surface area (Å²) in [6, 6.07) is 5.05. The molecule has 1 aromatic rings. The van der Waals surface area contributed by atoms with Crippen molar-refractivity contribution in [3.63, 3.8) is 0 Å². The van der Waals surface area contributed by atoms with Gasteiger partial charge in [0, 0.05) is 13.0 Å². The quantitative estimate of drug-likeness (QED) is 0.817. The SMILES string of the molecule is COC(=O)C1CC(=O)NN(S(=O)(=O)c2cc(C)ccc2C)C1. The molecule has 0 spiro atoms. The van der Waals surface area contributed by atoms with Crippen molar-refractivity contribution in [2.75, 3.05) is 13.7 Å². The van der Waals surface area contributed by atoms with E-state index in [9.17, 15) is 18.0 Å². The second kappa shape index (κ2) is 6.05. The average molecular weight is 326 g/mol. The Labute approximate surface area is 129 Å². The third-order valence-electron chi connectivity index (χ3n) is 3.51. The lowest BCUT2D eigenvalue weighted by atomic mass is 10.0. The zero-order chi connectivity index (χ0) is 16.5. The van der Waals surface area contributed by atoms with E-state index < -0.39 is 27.8 Å². The van der Waals surface area contributed by atoms with E-state index in [-0.39, 0.29) is 17.9 Å². The molecule has 1 aliphatic rings. The van der Waals surface area contributed by atoms with Crippen molar-refractivity contribution in [1.82, 2.24) is 9.84 Å². The van der Waals surface area contributed by atoms with Crippen LogP contribution in [0, 0.1) is 19.8 Å². The summed E-state index contributed by atoms with van der Waals surface area (Å²) in [5.41, 5.74) is 3.67. The van der Waals surface area contributed by atoms with Gasteiger partial charge in [-0.25, -0.2) is 8.42 Å². The normalized spacial score (nSPS) is 19.6. The number of benzene rings is 1. The first-order valence-corrected chi connectivity index (χ1v) is 8.17. The molecular weight excluding hydrogens is 308 g/mol. The highest BCUT2D eigenvalue weighted by atomic mass is 32.2. The third kappa shape index (κ3) is 3.12. The van der Waals surface area contributed by atoms with Crippen molar-refractivity contribution in [1.29, 1.82) is 0 Å². The van der Waals surface area contributed by atoms with Gasteiger partial charge in [-0.3, -0.25) is 15.0 Å². The van der Waals surface area contributed by atoms with E-state index in [1.54, 1.807) is 32.0 Å². The van der Waals surface area contributed by atoms with E-state index in [2.05, 4.69) is 10.2 Å². The molecule has 2 rings (SSSR count). The van der Waals surface area contributed by atoms with Crippen molar-refractivity contribution in [3.8, 4) is 0 Å². The van der Waals surface area contributed by atoms with Gasteiger partial charge in [0.1, 0.15) is 0 Å². The molecule has 0 radical (unpaired) electrons. The minimum absolute atomic E-state index is 0.0918. The maximum absolute atomic E-state index is 12.7. The number of aryl methyl sites for hydroxylation is 2. The molecule has 8 heteroatoms. The van der Waals surface area contributed by atoms with Gasteiger partial charge in [-0.05, 0) is 31.0 Å². The minimum atomic E-state index is -3.93. The van der Waals surface area contributed by atoms with Crippen LogP contribution in [0.5, 0.6) is 0 Å². The molecule has 0 saturated carbocycles. The van der Waals surface area contributed by atoms with Crippen LogP contribution in [-0.4, -0.2) is 38.4 Å². The van der Waals surface area contributed by atoms with Crippen molar-refractivity contribution in [3.05, 3.63) is 29.3 Å². The van der Waals surface area contributed by atoms with Gasteiger partial charge in [-0.15, -0.1) is 4.41 Å². The summed E-state index contributed by atoms with van der Waals surface area (Å²) in [6.45, 7) is 3.31. The minimum Gasteiger partial charge on any atom is -0.469 e. The van der Waals surface area contributed by atoms with Crippen LogP contribution in [0.4, 0.5) is 0 Å². The molecule has 0 aromatic heterocycles. The molecule has 1 heterocycles. The first-order valence-electron chi connectivity index (χ1n) is 6.73. The lowest BCUT2D eigenvalue weighted by Crippen LogP contribution is -2.54. The topological polar surface area (TPSA) is 92.8 Å². The molecule has 1 N–H and O–H groups in total. The summed E-state index contributed by atoms with van der Waals surface area (Å²) >= 11 is 0.